The molecular formula is C23H33F3O. The highest BCUT2D eigenvalue weighted by Crippen LogP contribution is 2.67. The zero-order valence-electron chi connectivity index (χ0n) is 16.9. The highest BCUT2D eigenvalue weighted by molar-refractivity contribution is 5.91. The quantitative estimate of drug-likeness (QED) is 0.518. The van der Waals surface area contributed by atoms with Gasteiger partial charge >= 0.3 is 6.18 Å². The van der Waals surface area contributed by atoms with Crippen LogP contribution in [0.1, 0.15) is 78.6 Å². The van der Waals surface area contributed by atoms with Gasteiger partial charge in [0.1, 0.15) is 0 Å². The van der Waals surface area contributed by atoms with Crippen LogP contribution in [0.5, 0.6) is 0 Å². The summed E-state index contributed by atoms with van der Waals surface area (Å²) >= 11 is 0. The number of ketones is 1. The zero-order valence-corrected chi connectivity index (χ0v) is 16.9. The van der Waals surface area contributed by atoms with Crippen LogP contribution >= 0.6 is 0 Å². The van der Waals surface area contributed by atoms with Crippen molar-refractivity contribution in [2.45, 2.75) is 84.7 Å². The highest BCUT2D eigenvalue weighted by Gasteiger charge is 2.59. The van der Waals surface area contributed by atoms with Crippen molar-refractivity contribution in [2.24, 2.45) is 40.4 Å². The Kier molecular flexibility index (Phi) is 4.59. The molecule has 0 bridgehead atoms. The molecule has 4 rings (SSSR count). The van der Waals surface area contributed by atoms with Gasteiger partial charge in [-0.1, -0.05) is 26.3 Å². The minimum atomic E-state index is -4.06. The molecule has 4 aliphatic carbocycles. The first kappa shape index (κ1) is 19.5. The third-order valence-electron chi connectivity index (χ3n) is 9.28. The molecule has 0 heterocycles. The monoisotopic (exact) mass is 382 g/mol. The Bertz CT molecular complexity index is 650. The van der Waals surface area contributed by atoms with E-state index in [2.05, 4.69) is 13.8 Å². The summed E-state index contributed by atoms with van der Waals surface area (Å²) < 4.78 is 39.0. The molecule has 3 saturated carbocycles. The van der Waals surface area contributed by atoms with Gasteiger partial charge in [-0.05, 0) is 91.4 Å². The number of carbonyl (C=O) groups is 1. The smallest absolute Gasteiger partial charge is 0.295 e. The number of hydrogen-bond donors (Lipinski definition) is 0. The average molecular weight is 383 g/mol. The van der Waals surface area contributed by atoms with E-state index in [1.54, 1.807) is 0 Å². The van der Waals surface area contributed by atoms with E-state index in [4.69, 9.17) is 0 Å². The molecule has 0 spiro atoms. The standard InChI is InChI=1S/C23H33F3O/c1-14(13-23(24,25)26)18-6-7-19-17-5-4-15-12-16(27)8-10-21(15,2)20(17)9-11-22(18,19)3/h12,14,17-20H,4-11,13H2,1-3H3/t14-,17?,18?,19?,20?,21+,22-/m1/s1. The molecule has 4 unspecified atom stereocenters. The Labute approximate surface area is 161 Å². The Hall–Kier alpha value is -0.800. The molecule has 1 nitrogen and oxygen atoms in total. The summed E-state index contributed by atoms with van der Waals surface area (Å²) in [5, 5.41) is 0. The first-order chi connectivity index (χ1) is 12.5. The molecule has 0 amide bonds. The summed E-state index contributed by atoms with van der Waals surface area (Å²) in [4.78, 5) is 11.9. The third kappa shape index (κ3) is 3.09. The van der Waals surface area contributed by atoms with Crippen molar-refractivity contribution >= 4 is 5.78 Å². The molecule has 0 saturated heterocycles. The predicted octanol–water partition coefficient (Wildman–Crippen LogP) is 6.72. The fraction of sp³-hybridized carbons (Fsp3) is 0.870. The molecule has 7 atom stereocenters. The van der Waals surface area contributed by atoms with Crippen LogP contribution in [0.2, 0.25) is 0 Å². The van der Waals surface area contributed by atoms with Gasteiger partial charge in [0, 0.05) is 12.8 Å². The number of carbonyl (C=O) groups excluding carboxylic acids is 1. The van der Waals surface area contributed by atoms with E-state index >= 15 is 0 Å². The van der Waals surface area contributed by atoms with Crippen molar-refractivity contribution in [1.82, 2.24) is 0 Å². The lowest BCUT2D eigenvalue weighted by Crippen LogP contribution is -2.51. The summed E-state index contributed by atoms with van der Waals surface area (Å²) in [7, 11) is 0. The Morgan fingerprint density at radius 2 is 1.81 bits per heavy atom. The molecule has 27 heavy (non-hydrogen) atoms. The molecule has 4 heteroatoms. The first-order valence-electron chi connectivity index (χ1n) is 10.9. The number of hydrogen-bond acceptors (Lipinski definition) is 1. The van der Waals surface area contributed by atoms with E-state index in [0.717, 1.165) is 44.9 Å². The molecule has 152 valence electrons. The topological polar surface area (TPSA) is 17.1 Å². The maximum absolute atomic E-state index is 13.0. The van der Waals surface area contributed by atoms with Crippen LogP contribution in [-0.4, -0.2) is 12.0 Å². The maximum Gasteiger partial charge on any atom is 0.389 e. The third-order valence-corrected chi connectivity index (χ3v) is 9.28. The summed E-state index contributed by atoms with van der Waals surface area (Å²) in [6.07, 6.45) is 5.23. The molecule has 4 aliphatic rings. The van der Waals surface area contributed by atoms with Gasteiger partial charge in [-0.25, -0.2) is 0 Å². The Morgan fingerprint density at radius 1 is 1.07 bits per heavy atom. The number of halogens is 3. The second-order valence-corrected chi connectivity index (χ2v) is 10.5. The molecule has 0 aromatic carbocycles. The van der Waals surface area contributed by atoms with Gasteiger partial charge in [0.2, 0.25) is 0 Å². The van der Waals surface area contributed by atoms with Crippen molar-refractivity contribution in [3.8, 4) is 0 Å². The number of fused-ring (bicyclic) bond motifs is 5. The number of allylic oxidation sites excluding steroid dienone is 1. The van der Waals surface area contributed by atoms with Crippen LogP contribution in [0.4, 0.5) is 13.2 Å². The lowest BCUT2D eigenvalue weighted by atomic mass is 9.46. The molecule has 3 fully saturated rings. The second-order valence-electron chi connectivity index (χ2n) is 10.5. The van der Waals surface area contributed by atoms with E-state index < -0.39 is 12.6 Å². The van der Waals surface area contributed by atoms with Gasteiger partial charge < -0.3 is 0 Å². The number of rotatable bonds is 2. The molecule has 0 radical (unpaired) electrons. The van der Waals surface area contributed by atoms with Crippen LogP contribution in [0.15, 0.2) is 11.6 Å². The average Bonchev–Trinajstić information content (AvgIpc) is 2.91. The summed E-state index contributed by atoms with van der Waals surface area (Å²) in [5.74, 6) is 2.00. The minimum absolute atomic E-state index is 0.0634. The molecular weight excluding hydrogens is 349 g/mol. The van der Waals surface area contributed by atoms with Crippen molar-refractivity contribution < 1.29 is 18.0 Å². The van der Waals surface area contributed by atoms with Crippen molar-refractivity contribution in [3.05, 3.63) is 11.6 Å². The van der Waals surface area contributed by atoms with E-state index in [1.807, 2.05) is 13.0 Å². The van der Waals surface area contributed by atoms with Crippen LogP contribution < -0.4 is 0 Å². The van der Waals surface area contributed by atoms with Gasteiger partial charge in [0.05, 0.1) is 0 Å². The van der Waals surface area contributed by atoms with Crippen LogP contribution in [0.25, 0.3) is 0 Å². The van der Waals surface area contributed by atoms with E-state index in [-0.39, 0.29) is 28.4 Å². The normalized spacial score (nSPS) is 45.6. The largest absolute Gasteiger partial charge is 0.389 e. The molecule has 0 aromatic rings. The summed E-state index contributed by atoms with van der Waals surface area (Å²) in [6, 6.07) is 0. The Balaban J connectivity index is 1.57. The summed E-state index contributed by atoms with van der Waals surface area (Å²) in [6.45, 7) is 6.49. The Morgan fingerprint density at radius 3 is 2.52 bits per heavy atom. The lowest BCUT2D eigenvalue weighted by molar-refractivity contribution is -0.153. The SMILES string of the molecule is C[C@H](CC(F)(F)F)C1CCC2C3CCC4=CC(=O)CC[C@]4(C)C3CC[C@@]21C. The van der Waals surface area contributed by atoms with Crippen molar-refractivity contribution in [1.29, 1.82) is 0 Å². The molecule has 0 N–H and O–H groups in total. The van der Waals surface area contributed by atoms with Crippen LogP contribution in [0, 0.1) is 40.4 Å². The molecule has 0 aliphatic heterocycles. The van der Waals surface area contributed by atoms with E-state index in [1.165, 1.54) is 5.57 Å². The van der Waals surface area contributed by atoms with Crippen LogP contribution in [-0.2, 0) is 4.79 Å². The molecule has 0 aromatic heterocycles. The fourth-order valence-electron chi connectivity index (χ4n) is 8.04. The van der Waals surface area contributed by atoms with Gasteiger partial charge in [0.15, 0.2) is 5.78 Å². The predicted molar refractivity (Wildman–Crippen MR) is 100 cm³/mol. The lowest BCUT2D eigenvalue weighted by Gasteiger charge is -2.58. The second kappa shape index (κ2) is 6.35. The van der Waals surface area contributed by atoms with Crippen molar-refractivity contribution in [2.75, 3.05) is 0 Å². The van der Waals surface area contributed by atoms with Gasteiger partial charge in [0.25, 0.3) is 0 Å². The fourth-order valence-corrected chi connectivity index (χ4v) is 8.04. The highest BCUT2D eigenvalue weighted by atomic mass is 19.4. The maximum atomic E-state index is 13.0. The van der Waals surface area contributed by atoms with E-state index in [0.29, 0.717) is 24.2 Å². The first-order valence-corrected chi connectivity index (χ1v) is 10.9. The summed E-state index contributed by atoms with van der Waals surface area (Å²) in [5.41, 5.74) is 1.57. The number of alkyl halides is 3. The zero-order chi connectivity index (χ0) is 19.6. The van der Waals surface area contributed by atoms with E-state index in [9.17, 15) is 18.0 Å². The van der Waals surface area contributed by atoms with Gasteiger partial charge in [-0.15, -0.1) is 0 Å². The van der Waals surface area contributed by atoms with Crippen LogP contribution in [0.3, 0.4) is 0 Å². The van der Waals surface area contributed by atoms with Gasteiger partial charge in [-0.3, -0.25) is 4.79 Å². The van der Waals surface area contributed by atoms with Crippen molar-refractivity contribution in [3.63, 3.8) is 0 Å². The minimum Gasteiger partial charge on any atom is -0.295 e. The van der Waals surface area contributed by atoms with Gasteiger partial charge in [-0.2, -0.15) is 13.2 Å².